The molecule has 1 rings (SSSR count). The van der Waals surface area contributed by atoms with Crippen LogP contribution in [0, 0.1) is 0 Å². The summed E-state index contributed by atoms with van der Waals surface area (Å²) in [5, 5.41) is 2.90. The number of alkyl halides is 3. The molecular formula is C28H42F3NO. The summed E-state index contributed by atoms with van der Waals surface area (Å²) < 4.78 is 38.5. The smallest absolute Gasteiger partial charge is 0.353 e. The van der Waals surface area contributed by atoms with E-state index in [-0.39, 0.29) is 11.9 Å². The highest BCUT2D eigenvalue weighted by molar-refractivity contribution is 5.76. The molecule has 1 atom stereocenters. The minimum absolute atomic E-state index is 0.0276. The lowest BCUT2D eigenvalue weighted by molar-refractivity contribution is -0.137. The third kappa shape index (κ3) is 15.4. The molecule has 5 heteroatoms. The molecule has 0 heterocycles. The van der Waals surface area contributed by atoms with Gasteiger partial charge in [0, 0.05) is 12.5 Å². The van der Waals surface area contributed by atoms with Crippen LogP contribution in [0.2, 0.25) is 0 Å². The standard InChI is InChI=1S/C28H42F3NO/c1-3-4-5-6-7-8-9-10-11-12-13-14-15-16-17-21-27(33)32-24(2)22-25-19-18-20-26(23-25)28(29,30)31/h7-8,10-11,18-20,23-24H,3-6,9,12-17,21-22H2,1-2H3,(H,32,33)/b8-7+,11-10+. The van der Waals surface area contributed by atoms with E-state index in [1.54, 1.807) is 6.07 Å². The van der Waals surface area contributed by atoms with Gasteiger partial charge in [-0.2, -0.15) is 13.2 Å². The Labute approximate surface area is 198 Å². The van der Waals surface area contributed by atoms with Gasteiger partial charge >= 0.3 is 6.18 Å². The largest absolute Gasteiger partial charge is 0.416 e. The molecule has 0 fully saturated rings. The Morgan fingerprint density at radius 1 is 0.939 bits per heavy atom. The SMILES string of the molecule is CCCCC/C=C/C/C=C/CCCCCCCC(=O)NC(C)Cc1cccc(C(F)(F)F)c1. The molecule has 0 saturated carbocycles. The number of amides is 1. The summed E-state index contributed by atoms with van der Waals surface area (Å²) in [4.78, 5) is 12.1. The summed E-state index contributed by atoms with van der Waals surface area (Å²) in [5.41, 5.74) is -0.0710. The van der Waals surface area contributed by atoms with Crippen molar-refractivity contribution in [3.63, 3.8) is 0 Å². The lowest BCUT2D eigenvalue weighted by Gasteiger charge is -2.15. The van der Waals surface area contributed by atoms with Crippen LogP contribution in [0.1, 0.15) is 102 Å². The van der Waals surface area contributed by atoms with E-state index in [1.807, 2.05) is 6.92 Å². The quantitative estimate of drug-likeness (QED) is 0.181. The first-order chi connectivity index (χ1) is 15.8. The third-order valence-electron chi connectivity index (χ3n) is 5.56. The van der Waals surface area contributed by atoms with Crippen molar-refractivity contribution in [2.24, 2.45) is 0 Å². The van der Waals surface area contributed by atoms with E-state index < -0.39 is 11.7 Å². The third-order valence-corrected chi connectivity index (χ3v) is 5.56. The van der Waals surface area contributed by atoms with Crippen LogP contribution >= 0.6 is 0 Å². The molecule has 0 bridgehead atoms. The second-order valence-corrected chi connectivity index (χ2v) is 8.85. The van der Waals surface area contributed by atoms with Crippen LogP contribution in [0.4, 0.5) is 13.2 Å². The average Bonchev–Trinajstić information content (AvgIpc) is 2.76. The first-order valence-corrected chi connectivity index (χ1v) is 12.6. The van der Waals surface area contributed by atoms with Crippen LogP contribution in [-0.4, -0.2) is 11.9 Å². The Morgan fingerprint density at radius 2 is 1.58 bits per heavy atom. The Morgan fingerprint density at radius 3 is 2.24 bits per heavy atom. The maximum absolute atomic E-state index is 12.8. The van der Waals surface area contributed by atoms with Crippen LogP contribution in [-0.2, 0) is 17.4 Å². The Bertz CT molecular complexity index is 709. The molecule has 1 aromatic carbocycles. The fraction of sp³-hybridized carbons (Fsp3) is 0.607. The number of unbranched alkanes of at least 4 members (excludes halogenated alkanes) is 8. The van der Waals surface area contributed by atoms with Gasteiger partial charge in [-0.1, -0.05) is 81.5 Å². The predicted octanol–water partition coefficient (Wildman–Crippen LogP) is 8.57. The van der Waals surface area contributed by atoms with Crippen LogP contribution in [0.25, 0.3) is 0 Å². The van der Waals surface area contributed by atoms with Gasteiger partial charge < -0.3 is 5.32 Å². The number of carbonyl (C=O) groups is 1. The topological polar surface area (TPSA) is 29.1 Å². The molecule has 0 spiro atoms. The van der Waals surface area contributed by atoms with Crippen molar-refractivity contribution < 1.29 is 18.0 Å². The highest BCUT2D eigenvalue weighted by Gasteiger charge is 2.30. The van der Waals surface area contributed by atoms with Gasteiger partial charge in [0.05, 0.1) is 5.56 Å². The second-order valence-electron chi connectivity index (χ2n) is 8.85. The molecule has 0 aliphatic carbocycles. The van der Waals surface area contributed by atoms with Crippen LogP contribution < -0.4 is 5.32 Å². The minimum Gasteiger partial charge on any atom is -0.353 e. The van der Waals surface area contributed by atoms with Gasteiger partial charge in [-0.25, -0.2) is 0 Å². The van der Waals surface area contributed by atoms with E-state index in [2.05, 4.69) is 36.5 Å². The Hall–Kier alpha value is -2.04. The van der Waals surface area contributed by atoms with E-state index in [9.17, 15) is 18.0 Å². The van der Waals surface area contributed by atoms with Gasteiger partial charge in [-0.15, -0.1) is 0 Å². The fourth-order valence-electron chi connectivity index (χ4n) is 3.72. The zero-order valence-corrected chi connectivity index (χ0v) is 20.4. The predicted molar refractivity (Wildman–Crippen MR) is 132 cm³/mol. The highest BCUT2D eigenvalue weighted by atomic mass is 19.4. The molecule has 1 aromatic rings. The molecule has 186 valence electrons. The van der Waals surface area contributed by atoms with Gasteiger partial charge in [0.2, 0.25) is 5.91 Å². The van der Waals surface area contributed by atoms with Crippen LogP contribution in [0.3, 0.4) is 0 Å². The Kier molecular flexibility index (Phi) is 15.3. The number of hydrogen-bond acceptors (Lipinski definition) is 1. The number of nitrogens with one attached hydrogen (secondary N) is 1. The van der Waals surface area contributed by atoms with Crippen molar-refractivity contribution in [2.45, 2.75) is 110 Å². The molecule has 33 heavy (non-hydrogen) atoms. The van der Waals surface area contributed by atoms with Crippen molar-refractivity contribution in [1.29, 1.82) is 0 Å². The maximum Gasteiger partial charge on any atom is 0.416 e. The second kappa shape index (κ2) is 17.4. The first-order valence-electron chi connectivity index (χ1n) is 12.6. The lowest BCUT2D eigenvalue weighted by Crippen LogP contribution is -2.33. The zero-order valence-electron chi connectivity index (χ0n) is 20.4. The van der Waals surface area contributed by atoms with Crippen molar-refractivity contribution in [3.8, 4) is 0 Å². The van der Waals surface area contributed by atoms with Gasteiger partial charge in [0.25, 0.3) is 0 Å². The number of allylic oxidation sites excluding steroid dienone is 4. The van der Waals surface area contributed by atoms with E-state index in [1.165, 1.54) is 44.6 Å². The Balaban J connectivity index is 2.05. The number of carbonyl (C=O) groups excluding carboxylic acids is 1. The van der Waals surface area contributed by atoms with Gasteiger partial charge in [0.1, 0.15) is 0 Å². The summed E-state index contributed by atoms with van der Waals surface area (Å²) in [6, 6.07) is 5.10. The van der Waals surface area contributed by atoms with Gasteiger partial charge in [-0.3, -0.25) is 4.79 Å². The summed E-state index contributed by atoms with van der Waals surface area (Å²) in [6.45, 7) is 4.05. The summed E-state index contributed by atoms with van der Waals surface area (Å²) in [7, 11) is 0. The van der Waals surface area contributed by atoms with Crippen molar-refractivity contribution in [3.05, 3.63) is 59.7 Å². The summed E-state index contributed by atoms with van der Waals surface area (Å²) in [6.07, 6.45) is 18.1. The molecule has 1 amide bonds. The molecule has 0 aliphatic heterocycles. The average molecular weight is 466 g/mol. The number of hydrogen-bond donors (Lipinski definition) is 1. The van der Waals surface area contributed by atoms with Crippen LogP contribution in [0.15, 0.2) is 48.6 Å². The summed E-state index contributed by atoms with van der Waals surface area (Å²) in [5.74, 6) is -0.0276. The van der Waals surface area contributed by atoms with Gasteiger partial charge in [0.15, 0.2) is 0 Å². The molecule has 0 aliphatic rings. The molecule has 1 N–H and O–H groups in total. The zero-order chi connectivity index (χ0) is 24.4. The van der Waals surface area contributed by atoms with E-state index in [0.29, 0.717) is 18.4 Å². The lowest BCUT2D eigenvalue weighted by atomic mass is 10.0. The normalized spacial score (nSPS) is 13.1. The molecule has 1 unspecified atom stereocenters. The molecule has 0 radical (unpaired) electrons. The molecular weight excluding hydrogens is 423 g/mol. The number of halogens is 3. The number of rotatable bonds is 17. The minimum atomic E-state index is -4.34. The molecule has 0 saturated heterocycles. The molecule has 0 aromatic heterocycles. The monoisotopic (exact) mass is 465 g/mol. The van der Waals surface area contributed by atoms with E-state index >= 15 is 0 Å². The van der Waals surface area contributed by atoms with E-state index in [0.717, 1.165) is 44.2 Å². The number of benzene rings is 1. The summed E-state index contributed by atoms with van der Waals surface area (Å²) >= 11 is 0. The first kappa shape index (κ1) is 29.0. The van der Waals surface area contributed by atoms with E-state index in [4.69, 9.17) is 0 Å². The fourth-order valence-corrected chi connectivity index (χ4v) is 3.72. The van der Waals surface area contributed by atoms with Crippen molar-refractivity contribution >= 4 is 5.91 Å². The maximum atomic E-state index is 12.8. The molecule has 2 nitrogen and oxygen atoms in total. The highest BCUT2D eigenvalue weighted by Crippen LogP contribution is 2.29. The van der Waals surface area contributed by atoms with Crippen LogP contribution in [0.5, 0.6) is 0 Å². The van der Waals surface area contributed by atoms with Gasteiger partial charge in [-0.05, 0) is 63.5 Å². The van der Waals surface area contributed by atoms with Crippen molar-refractivity contribution in [1.82, 2.24) is 5.32 Å². The van der Waals surface area contributed by atoms with Crippen molar-refractivity contribution in [2.75, 3.05) is 0 Å².